The Morgan fingerprint density at radius 3 is 1.73 bits per heavy atom. The monoisotopic (exact) mass is 1640 g/mol. The smallest absolute Gasteiger partial charge is 0.331 e. The average molecular weight is 1640 g/mol. The lowest BCUT2D eigenvalue weighted by atomic mass is 9.95. The Labute approximate surface area is 684 Å². The van der Waals surface area contributed by atoms with Crippen LogP contribution in [0.1, 0.15) is 220 Å². The van der Waals surface area contributed by atoms with Crippen LogP contribution in [0.25, 0.3) is 0 Å². The lowest BCUT2D eigenvalue weighted by Gasteiger charge is -2.40. The van der Waals surface area contributed by atoms with Gasteiger partial charge in [-0.2, -0.15) is 0 Å². The summed E-state index contributed by atoms with van der Waals surface area (Å²) in [6.45, 7) is 26.1. The second kappa shape index (κ2) is 49.9. The van der Waals surface area contributed by atoms with Crippen molar-refractivity contribution in [3.63, 3.8) is 0 Å². The second-order valence-corrected chi connectivity index (χ2v) is 32.6. The number of cyclic esters (lactones) is 1. The molecule has 0 aromatic rings. The molecule has 3 fully saturated rings. The van der Waals surface area contributed by atoms with Gasteiger partial charge in [-0.05, 0) is 95.3 Å². The maximum absolute atomic E-state index is 15.1. The molecule has 0 aromatic heterocycles. The average Bonchev–Trinajstić information content (AvgIpc) is 1.49. The van der Waals surface area contributed by atoms with E-state index in [4.69, 9.17) is 4.74 Å². The number of carbonyl (C=O) groups excluding carboxylic acids is 15. The number of nitrogens with one attached hydrogen (secondary N) is 13. The van der Waals surface area contributed by atoms with Crippen LogP contribution in [0.5, 0.6) is 0 Å². The Morgan fingerprint density at radius 2 is 1.20 bits per heavy atom. The third-order valence-electron chi connectivity index (χ3n) is 21.6. The van der Waals surface area contributed by atoms with E-state index in [0.29, 0.717) is 44.1 Å². The molecule has 3 heterocycles. The molecule has 3 aliphatic heterocycles. The molecule has 18 unspecified atom stereocenters. The van der Waals surface area contributed by atoms with Crippen molar-refractivity contribution in [3.05, 3.63) is 11.8 Å². The van der Waals surface area contributed by atoms with E-state index < -0.39 is 228 Å². The van der Waals surface area contributed by atoms with Gasteiger partial charge in [0.15, 0.2) is 5.96 Å². The zero-order chi connectivity index (χ0) is 87.7. The van der Waals surface area contributed by atoms with Crippen molar-refractivity contribution in [1.29, 1.82) is 0 Å². The van der Waals surface area contributed by atoms with Crippen molar-refractivity contribution in [2.75, 3.05) is 47.4 Å². The molecule has 18 atom stereocenters. The number of carbonyl (C=O) groups is 15. The maximum atomic E-state index is 15.1. The van der Waals surface area contributed by atoms with Gasteiger partial charge in [-0.3, -0.25) is 72.1 Å². The Kier molecular flexibility index (Phi) is 43.5. The normalized spacial score (nSPS) is 24.3. The van der Waals surface area contributed by atoms with Gasteiger partial charge in [0, 0.05) is 40.7 Å². The standard InChI is InChI=1S/C80H139N17O19/c1-21-33-52(85-67(103)48(14)84-73(109)61(46(12)22-2)91-70(106)58(43(6)7)87-56(101)40-83-77(113)66(50(16)100)96(20)78(114)55-35-32-39-97(55)57(102)36-31-29-27-25-24-26-28-30-34-42(4)5)68(104)93-64-51(17)116-79(115)65(54-37-38-82-80(81-18)95(54)19)94-74(110)62(47(13)23-3)90-69(105)53(41-98)86-75(111)63(49(15)99)92-72(108)60(45(10)11)88-71(107)59(44(8)9)89-76(64)112/h33,42-51,53-55,58-66,98-100H,21-32,34-41H2,1-20H3,(H,81,82)(H,83,113)(H,84,109)(H,85,103)(H,86,111)(H,87,101)(H,88,107)(H,89,112)(H,90,105)(H,91,106)(H,92,108)(H,93,104)(H,94,110). The number of aliphatic hydroxyl groups is 3. The molecule has 3 rings (SSSR count). The van der Waals surface area contributed by atoms with Crippen molar-refractivity contribution < 1.29 is 92.0 Å². The first-order chi connectivity index (χ1) is 54.5. The summed E-state index contributed by atoms with van der Waals surface area (Å²) < 4.78 is 6.10. The molecule has 0 aromatic carbocycles. The van der Waals surface area contributed by atoms with Gasteiger partial charge in [0.25, 0.3) is 5.91 Å². The van der Waals surface area contributed by atoms with Crippen molar-refractivity contribution >= 4 is 94.6 Å². The Bertz CT molecular complexity index is 3390. The minimum absolute atomic E-state index is 0.0620. The summed E-state index contributed by atoms with van der Waals surface area (Å²) in [4.78, 5) is 223. The first-order valence-electron chi connectivity index (χ1n) is 41.5. The molecule has 36 heteroatoms. The van der Waals surface area contributed by atoms with Gasteiger partial charge in [0.2, 0.25) is 76.8 Å². The lowest BCUT2D eigenvalue weighted by molar-refractivity contribution is -0.157. The highest BCUT2D eigenvalue weighted by Gasteiger charge is 2.46. The summed E-state index contributed by atoms with van der Waals surface area (Å²) >= 11 is 0. The fourth-order valence-corrected chi connectivity index (χ4v) is 14.0. The number of aliphatic hydroxyl groups excluding tert-OH is 3. The first-order valence-corrected chi connectivity index (χ1v) is 41.5. The molecule has 0 spiro atoms. The van der Waals surface area contributed by atoms with Crippen molar-refractivity contribution in [3.8, 4) is 0 Å². The van der Waals surface area contributed by atoms with Crippen molar-refractivity contribution in [2.45, 2.75) is 317 Å². The van der Waals surface area contributed by atoms with Crippen LogP contribution in [-0.4, -0.2) is 269 Å². The number of amides is 14. The number of hydrogen-bond acceptors (Lipinski definition) is 20. The summed E-state index contributed by atoms with van der Waals surface area (Å²) in [7, 11) is 4.41. The van der Waals surface area contributed by atoms with Gasteiger partial charge in [0.05, 0.1) is 31.4 Å². The molecule has 14 amide bonds. The van der Waals surface area contributed by atoms with Gasteiger partial charge >= 0.3 is 5.97 Å². The van der Waals surface area contributed by atoms with Crippen molar-refractivity contribution in [2.24, 2.45) is 40.5 Å². The van der Waals surface area contributed by atoms with Crippen LogP contribution in [0.4, 0.5) is 0 Å². The molecular weight excluding hydrogens is 1500 g/mol. The largest absolute Gasteiger partial charge is 0.458 e. The maximum Gasteiger partial charge on any atom is 0.331 e. The van der Waals surface area contributed by atoms with Crippen LogP contribution in [0.3, 0.4) is 0 Å². The van der Waals surface area contributed by atoms with E-state index in [-0.39, 0.29) is 38.1 Å². The molecule has 36 nitrogen and oxygen atoms in total. The molecular formula is C80H139N17O19. The highest BCUT2D eigenvalue weighted by molar-refractivity contribution is 6.03. The number of aliphatic imine (C=N–C) groups is 1. The van der Waals surface area contributed by atoms with Crippen LogP contribution in [0.2, 0.25) is 0 Å². The van der Waals surface area contributed by atoms with E-state index in [1.165, 1.54) is 73.5 Å². The Hall–Kier alpha value is -9.06. The fraction of sp³-hybridized carbons (Fsp3) is 0.775. The molecule has 0 bridgehead atoms. The van der Waals surface area contributed by atoms with Crippen molar-refractivity contribution in [1.82, 2.24) is 83.8 Å². The van der Waals surface area contributed by atoms with E-state index in [1.54, 1.807) is 93.0 Å². The molecule has 0 saturated carbocycles. The summed E-state index contributed by atoms with van der Waals surface area (Å²) in [5, 5.41) is 65.9. The van der Waals surface area contributed by atoms with Gasteiger partial charge < -0.3 is 104 Å². The third kappa shape index (κ3) is 30.8. The molecule has 116 heavy (non-hydrogen) atoms. The number of guanidine groups is 1. The Morgan fingerprint density at radius 1 is 0.647 bits per heavy atom. The minimum Gasteiger partial charge on any atom is -0.458 e. The number of likely N-dealkylation sites (N-methyl/N-ethyl adjacent to an activating group) is 2. The van der Waals surface area contributed by atoms with Crippen LogP contribution < -0.4 is 69.1 Å². The van der Waals surface area contributed by atoms with Gasteiger partial charge in [-0.25, -0.2) is 4.79 Å². The number of ether oxygens (including phenoxy) is 1. The quantitative estimate of drug-likeness (QED) is 0.0217. The summed E-state index contributed by atoms with van der Waals surface area (Å²) in [6, 6.07) is -19.1. The van der Waals surface area contributed by atoms with E-state index in [0.717, 1.165) is 30.6 Å². The topological polar surface area (TPSA) is 504 Å². The SMILES string of the molecule is CCC=C(NC(=O)C(C)NC(=O)C(NC(=O)C(NC(=O)CNC(=O)C(C(C)O)N(C)C(=O)C1CCCN1C(=O)CCCCCCCCCCC(C)C)C(C)C)C(C)CC)C(=O)NC1C(=O)NC(C(C)C)C(=O)NC(C(C)C)C(=O)NC(C(C)O)C(=O)NC(CO)C(=O)NC(C(C)CC)C(=O)NC(C2CCNC(=NC)N2C)C(=O)OC1C. The number of allylic oxidation sites excluding steroid dienone is 1. The number of unbranched alkanes of at least 4 members (excludes halogenated alkanes) is 7. The number of esters is 1. The number of nitrogens with zero attached hydrogens (tertiary/aromatic N) is 4. The van der Waals surface area contributed by atoms with Crippen LogP contribution in [0, 0.1) is 35.5 Å². The Balaban J connectivity index is 1.94. The van der Waals surface area contributed by atoms with Gasteiger partial charge in [-0.1, -0.05) is 160 Å². The molecule has 0 aliphatic carbocycles. The zero-order valence-electron chi connectivity index (χ0n) is 72.1. The summed E-state index contributed by atoms with van der Waals surface area (Å²) in [5.74, 6) is -16.2. The van der Waals surface area contributed by atoms with E-state index in [9.17, 15) is 77.6 Å². The number of likely N-dealkylation sites (tertiary alicyclic amines) is 1. The third-order valence-corrected chi connectivity index (χ3v) is 21.6. The number of rotatable bonds is 37. The summed E-state index contributed by atoms with van der Waals surface area (Å²) in [6.07, 6.45) is 8.21. The van der Waals surface area contributed by atoms with E-state index >= 15 is 9.59 Å². The van der Waals surface area contributed by atoms with E-state index in [1.807, 2.05) is 0 Å². The van der Waals surface area contributed by atoms with Crippen LogP contribution in [0.15, 0.2) is 16.8 Å². The predicted octanol–water partition coefficient (Wildman–Crippen LogP) is -0.206. The number of hydrogen-bond donors (Lipinski definition) is 16. The molecule has 658 valence electrons. The highest BCUT2D eigenvalue weighted by Crippen LogP contribution is 2.25. The fourth-order valence-electron chi connectivity index (χ4n) is 14.0. The van der Waals surface area contributed by atoms with Crippen LogP contribution >= 0.6 is 0 Å². The molecule has 0 radical (unpaired) electrons. The van der Waals surface area contributed by atoms with E-state index in [2.05, 4.69) is 88.0 Å². The molecule has 3 aliphatic rings. The van der Waals surface area contributed by atoms with Crippen LogP contribution in [-0.2, 0) is 76.7 Å². The minimum atomic E-state index is -1.98. The highest BCUT2D eigenvalue weighted by atomic mass is 16.5. The predicted molar refractivity (Wildman–Crippen MR) is 434 cm³/mol. The molecule has 16 N–H and O–H groups in total. The van der Waals surface area contributed by atoms with Gasteiger partial charge in [-0.15, -0.1) is 0 Å². The zero-order valence-corrected chi connectivity index (χ0v) is 72.1. The lowest BCUT2D eigenvalue weighted by Crippen LogP contribution is -2.66. The summed E-state index contributed by atoms with van der Waals surface area (Å²) in [5.41, 5.74) is -0.487. The molecule has 3 saturated heterocycles. The van der Waals surface area contributed by atoms with Gasteiger partial charge in [0.1, 0.15) is 84.3 Å². The first kappa shape index (κ1) is 101. The second-order valence-electron chi connectivity index (χ2n) is 32.6.